The van der Waals surface area contributed by atoms with E-state index in [-0.39, 0.29) is 17.9 Å². The summed E-state index contributed by atoms with van der Waals surface area (Å²) in [7, 11) is 0. The van der Waals surface area contributed by atoms with Crippen LogP contribution in [0, 0.1) is 23.2 Å². The molecule has 1 aromatic carbocycles. The number of fused-ring (bicyclic) bond motifs is 5. The van der Waals surface area contributed by atoms with Gasteiger partial charge in [0.2, 0.25) is 0 Å². The predicted molar refractivity (Wildman–Crippen MR) is 160 cm³/mol. The summed E-state index contributed by atoms with van der Waals surface area (Å²) in [5, 5.41) is 21.3. The van der Waals surface area contributed by atoms with E-state index in [0.29, 0.717) is 35.2 Å². The second-order valence-electron chi connectivity index (χ2n) is 13.1. The van der Waals surface area contributed by atoms with Crippen LogP contribution in [0.3, 0.4) is 0 Å². The Morgan fingerprint density at radius 2 is 1.59 bits per heavy atom. The number of halogens is 6. The summed E-state index contributed by atoms with van der Waals surface area (Å²) in [5.74, 6) is -0.877. The molecule has 0 aliphatic heterocycles. The van der Waals surface area contributed by atoms with Gasteiger partial charge in [-0.2, -0.15) is 33.7 Å². The number of unbranched alkanes of at least 4 members (excludes halogenated alkanes) is 6. The van der Waals surface area contributed by atoms with Crippen molar-refractivity contribution in [3.8, 4) is 5.75 Å². The minimum absolute atomic E-state index is 0.0253. The largest absolute Gasteiger partial charge is 0.507 e. The molecule has 0 spiro atoms. The van der Waals surface area contributed by atoms with Crippen LogP contribution >= 0.6 is 27.7 Å². The fourth-order valence-electron chi connectivity index (χ4n) is 8.18. The molecule has 0 radical (unpaired) electrons. The molecule has 6 atom stereocenters. The van der Waals surface area contributed by atoms with E-state index in [1.807, 2.05) is 6.07 Å². The lowest BCUT2D eigenvalue weighted by Gasteiger charge is -2.53. The molecule has 2 saturated carbocycles. The zero-order valence-electron chi connectivity index (χ0n) is 24.1. The van der Waals surface area contributed by atoms with Crippen molar-refractivity contribution in [3.63, 3.8) is 0 Å². The number of aliphatic hydroxyl groups excluding tert-OH is 1. The molecule has 3 aliphatic rings. The second-order valence-corrected chi connectivity index (χ2v) is 15.2. The van der Waals surface area contributed by atoms with Gasteiger partial charge in [-0.1, -0.05) is 45.4 Å². The smallest absolute Gasteiger partial charge is 0.453 e. The van der Waals surface area contributed by atoms with Crippen LogP contribution in [0.2, 0.25) is 0 Å². The average molecular weight is 670 g/mol. The van der Waals surface area contributed by atoms with E-state index in [1.165, 1.54) is 48.6 Å². The number of hydrogen-bond donors (Lipinski definition) is 2. The summed E-state index contributed by atoms with van der Waals surface area (Å²) >= 11 is 5.01. The highest BCUT2D eigenvalue weighted by Gasteiger charge is 2.57. The Morgan fingerprint density at radius 3 is 2.29 bits per heavy atom. The van der Waals surface area contributed by atoms with Gasteiger partial charge in [0.1, 0.15) is 5.75 Å². The number of hydrogen-bond acceptors (Lipinski definition) is 3. The lowest BCUT2D eigenvalue weighted by molar-refractivity contribution is -0.284. The maximum Gasteiger partial charge on any atom is 0.453 e. The van der Waals surface area contributed by atoms with Gasteiger partial charge in [-0.3, -0.25) is 0 Å². The van der Waals surface area contributed by atoms with Gasteiger partial charge in [-0.25, -0.2) is 0 Å². The fraction of sp³-hybridized carbons (Fsp3) is 0.812. The Bertz CT molecular complexity index is 1010. The third kappa shape index (κ3) is 7.76. The number of aliphatic hydroxyl groups is 1. The molecular formula is C32H46BrF5O2S. The van der Waals surface area contributed by atoms with E-state index in [9.17, 15) is 32.2 Å². The van der Waals surface area contributed by atoms with Crippen LogP contribution < -0.4 is 0 Å². The van der Waals surface area contributed by atoms with Gasteiger partial charge in [-0.05, 0) is 131 Å². The maximum atomic E-state index is 12.9. The molecule has 4 rings (SSSR count). The first-order chi connectivity index (χ1) is 19.3. The molecule has 0 heterocycles. The first-order valence-corrected chi connectivity index (χ1v) is 17.5. The third-order valence-electron chi connectivity index (χ3n) is 10.5. The highest BCUT2D eigenvalue weighted by atomic mass is 79.9. The van der Waals surface area contributed by atoms with Crippen LogP contribution in [0.25, 0.3) is 0 Å². The number of phenolic OH excluding ortho intramolecular Hbond substituents is 1. The summed E-state index contributed by atoms with van der Waals surface area (Å²) in [6.45, 7) is 2.32. The van der Waals surface area contributed by atoms with E-state index >= 15 is 0 Å². The Balaban J connectivity index is 1.16. The number of rotatable bonds is 14. The Kier molecular flexibility index (Phi) is 11.4. The Hall–Kier alpha value is -0.540. The first-order valence-electron chi connectivity index (χ1n) is 15.6. The van der Waals surface area contributed by atoms with Gasteiger partial charge in [0, 0.05) is 6.42 Å². The zero-order chi connectivity index (χ0) is 29.8. The first kappa shape index (κ1) is 33.4. The summed E-state index contributed by atoms with van der Waals surface area (Å²) in [6, 6.07) is 4.12. The summed E-state index contributed by atoms with van der Waals surface area (Å²) < 4.78 is 63.2. The van der Waals surface area contributed by atoms with E-state index < -0.39 is 18.5 Å². The van der Waals surface area contributed by atoms with E-state index in [0.717, 1.165) is 68.0 Å². The molecule has 9 heteroatoms. The average Bonchev–Trinajstić information content (AvgIpc) is 3.21. The van der Waals surface area contributed by atoms with Gasteiger partial charge in [0.15, 0.2) is 0 Å². The summed E-state index contributed by atoms with van der Waals surface area (Å²) in [5.41, 5.74) is 2.72. The van der Waals surface area contributed by atoms with Crippen LogP contribution in [0.1, 0.15) is 114 Å². The lowest BCUT2D eigenvalue weighted by Crippen LogP contribution is -2.47. The monoisotopic (exact) mass is 668 g/mol. The van der Waals surface area contributed by atoms with Gasteiger partial charge >= 0.3 is 12.1 Å². The molecule has 234 valence electrons. The van der Waals surface area contributed by atoms with Crippen LogP contribution in [0.15, 0.2) is 16.6 Å². The van der Waals surface area contributed by atoms with Crippen molar-refractivity contribution in [2.24, 2.45) is 23.2 Å². The van der Waals surface area contributed by atoms with Crippen LogP contribution in [-0.2, 0) is 6.42 Å². The van der Waals surface area contributed by atoms with Crippen molar-refractivity contribution in [3.05, 3.63) is 27.7 Å². The topological polar surface area (TPSA) is 40.5 Å². The summed E-state index contributed by atoms with van der Waals surface area (Å²) in [4.78, 5) is 0. The highest BCUT2D eigenvalue weighted by Crippen LogP contribution is 2.63. The van der Waals surface area contributed by atoms with Gasteiger partial charge in [-0.15, -0.1) is 0 Å². The molecule has 0 saturated heterocycles. The number of thioether (sulfide) groups is 1. The van der Waals surface area contributed by atoms with Crippen LogP contribution in [0.5, 0.6) is 5.75 Å². The second kappa shape index (κ2) is 14.0. The van der Waals surface area contributed by atoms with Crippen LogP contribution in [-0.4, -0.2) is 39.9 Å². The van der Waals surface area contributed by atoms with Gasteiger partial charge < -0.3 is 10.2 Å². The fourth-order valence-corrected chi connectivity index (χ4v) is 9.50. The number of aromatic hydroxyl groups is 1. The Morgan fingerprint density at radius 1 is 0.927 bits per heavy atom. The van der Waals surface area contributed by atoms with Crippen LogP contribution in [0.4, 0.5) is 22.0 Å². The molecule has 2 nitrogen and oxygen atoms in total. The minimum atomic E-state index is -5.44. The van der Waals surface area contributed by atoms with E-state index in [1.54, 1.807) is 0 Å². The highest BCUT2D eigenvalue weighted by molar-refractivity contribution is 9.10. The van der Waals surface area contributed by atoms with Crippen molar-refractivity contribution in [1.82, 2.24) is 0 Å². The minimum Gasteiger partial charge on any atom is -0.507 e. The molecule has 0 aromatic heterocycles. The quantitative estimate of drug-likeness (QED) is 0.153. The molecule has 2 fully saturated rings. The molecule has 0 amide bonds. The molecule has 3 aliphatic carbocycles. The number of benzene rings is 1. The van der Waals surface area contributed by atoms with Crippen molar-refractivity contribution in [2.45, 2.75) is 127 Å². The normalized spacial score (nSPS) is 29.7. The van der Waals surface area contributed by atoms with E-state index in [2.05, 4.69) is 28.9 Å². The third-order valence-corrected chi connectivity index (χ3v) is 12.3. The molecular weight excluding hydrogens is 623 g/mol. The van der Waals surface area contributed by atoms with Crippen molar-refractivity contribution < 1.29 is 32.2 Å². The van der Waals surface area contributed by atoms with Crippen molar-refractivity contribution >= 4 is 27.7 Å². The molecule has 2 N–H and O–H groups in total. The Labute approximate surface area is 254 Å². The van der Waals surface area contributed by atoms with Gasteiger partial charge in [0.25, 0.3) is 0 Å². The van der Waals surface area contributed by atoms with Gasteiger partial charge in [0.05, 0.1) is 10.6 Å². The van der Waals surface area contributed by atoms with E-state index in [4.69, 9.17) is 0 Å². The van der Waals surface area contributed by atoms with Crippen molar-refractivity contribution in [2.75, 3.05) is 11.5 Å². The van der Waals surface area contributed by atoms with Crippen molar-refractivity contribution in [1.29, 1.82) is 0 Å². The maximum absolute atomic E-state index is 12.9. The predicted octanol–water partition coefficient (Wildman–Crippen LogP) is 10.4. The standard InChI is InChI=1S/C32H46BrF5O2S/c1-30-15-13-23-24-20-26(33)27(39)19-22(24)18-21(29(23)25(30)11-12-28(30)40)10-7-5-3-2-4-6-8-16-41-17-9-14-31(34,35)32(36,37)38/h19-21,23,25,28-29,39-40H,2-18H2,1H3/t21-,23-,25+,28+,29-,30+/m1/s1. The molecule has 0 bridgehead atoms. The molecule has 41 heavy (non-hydrogen) atoms. The number of phenols is 1. The summed E-state index contributed by atoms with van der Waals surface area (Å²) in [6.07, 6.45) is 7.40. The molecule has 1 aromatic rings. The zero-order valence-corrected chi connectivity index (χ0v) is 26.5. The lowest BCUT2D eigenvalue weighted by atomic mass is 9.52. The number of alkyl halides is 5. The SMILES string of the molecule is C[C@]12CC[C@@H]3c4cc(Br)c(O)cc4C[C@@H](CCCCCCCCCSCCCC(F)(F)C(F)(F)F)[C@H]3[C@@H]1CC[C@@H]2O. The molecule has 0 unspecified atom stereocenters.